The van der Waals surface area contributed by atoms with Crippen molar-refractivity contribution >= 4 is 24.0 Å². The second-order valence-electron chi connectivity index (χ2n) is 16.7. The molecule has 0 saturated carbocycles. The van der Waals surface area contributed by atoms with Crippen molar-refractivity contribution in [1.82, 2.24) is 10.2 Å². The number of carbonyl (C=O) groups excluding carboxylic acids is 4. The number of nitrogens with one attached hydrogen (secondary N) is 1. The number of unbranched alkanes of at least 4 members (excludes halogenated alkanes) is 14. The predicted molar refractivity (Wildman–Crippen MR) is 236 cm³/mol. The number of allylic oxidation sites excluding steroid dienone is 4. The summed E-state index contributed by atoms with van der Waals surface area (Å²) in [5.41, 5.74) is 0. The molecule has 1 aliphatic rings. The summed E-state index contributed by atoms with van der Waals surface area (Å²) in [4.78, 5) is 53.3. The smallest absolute Gasteiger partial charge is 0.407 e. The lowest BCUT2D eigenvalue weighted by Gasteiger charge is -2.21. The number of nitrogens with zero attached hydrogens (tertiary/aromatic N) is 1. The first-order valence-corrected chi connectivity index (χ1v) is 23.7. The van der Waals surface area contributed by atoms with E-state index < -0.39 is 24.3 Å². The Balaban J connectivity index is 2.55. The van der Waals surface area contributed by atoms with Gasteiger partial charge in [-0.25, -0.2) is 4.79 Å². The highest BCUT2D eigenvalue weighted by atomic mass is 16.6. The van der Waals surface area contributed by atoms with Crippen molar-refractivity contribution in [2.45, 2.75) is 213 Å². The summed E-state index contributed by atoms with van der Waals surface area (Å²) in [6.45, 7) is 11.9. The van der Waals surface area contributed by atoms with Crippen molar-refractivity contribution in [3.05, 3.63) is 24.3 Å². The first-order valence-electron chi connectivity index (χ1n) is 23.7. The zero-order valence-electron chi connectivity index (χ0n) is 37.6. The third-order valence-corrected chi connectivity index (χ3v) is 10.6. The Kier molecular flexibility index (Phi) is 35.1. The van der Waals surface area contributed by atoms with Crippen LogP contribution in [0.25, 0.3) is 0 Å². The normalized spacial score (nSPS) is 14.3. The molecule has 1 rings (SSSR count). The number of amides is 1. The molecule has 1 heterocycles. The fourth-order valence-electron chi connectivity index (χ4n) is 6.99. The van der Waals surface area contributed by atoms with E-state index in [0.29, 0.717) is 38.1 Å². The van der Waals surface area contributed by atoms with Crippen LogP contribution < -0.4 is 5.32 Å². The molecule has 0 aromatic heterocycles. The Bertz CT molecular complexity index is 1090. The molecule has 1 aliphatic heterocycles. The monoisotopic (exact) mass is 819 g/mol. The zero-order chi connectivity index (χ0) is 42.3. The van der Waals surface area contributed by atoms with Crippen LogP contribution in [0.2, 0.25) is 0 Å². The van der Waals surface area contributed by atoms with E-state index in [-0.39, 0.29) is 31.6 Å². The number of likely N-dealkylation sites (tertiary alicyclic amines) is 1. The first kappa shape index (κ1) is 53.1. The largest absolute Gasteiger partial charge is 0.462 e. The van der Waals surface area contributed by atoms with Crippen molar-refractivity contribution in [3.63, 3.8) is 0 Å². The van der Waals surface area contributed by atoms with Crippen LogP contribution >= 0.6 is 0 Å². The van der Waals surface area contributed by atoms with Crippen LogP contribution in [0.15, 0.2) is 24.3 Å². The molecule has 10 nitrogen and oxygen atoms in total. The maximum Gasteiger partial charge on any atom is 0.407 e. The molecule has 1 saturated heterocycles. The fourth-order valence-corrected chi connectivity index (χ4v) is 6.99. The second kappa shape index (κ2) is 38.3. The van der Waals surface area contributed by atoms with Gasteiger partial charge in [0.05, 0.1) is 0 Å². The number of hydrogen-bond acceptors (Lipinski definition) is 9. The van der Waals surface area contributed by atoms with Gasteiger partial charge in [0.25, 0.3) is 0 Å². The van der Waals surface area contributed by atoms with E-state index >= 15 is 0 Å². The number of alkyl carbamates (subject to hydrolysis) is 1. The van der Waals surface area contributed by atoms with Crippen molar-refractivity contribution in [2.24, 2.45) is 5.92 Å². The summed E-state index contributed by atoms with van der Waals surface area (Å²) in [5, 5.41) is 2.87. The maximum absolute atomic E-state index is 13.1. The molecule has 1 fully saturated rings. The van der Waals surface area contributed by atoms with E-state index in [1.54, 1.807) is 0 Å². The Morgan fingerprint density at radius 1 is 0.569 bits per heavy atom. The SMILES string of the molecule is CCCCC/C=C\C/C=C\CCCCCCCC(=O)OCC(COC(=O)CCCCCCCC)OC(=O)CCC(CCCCC(C)C)OC(=O)NCCN1CCCC1. The van der Waals surface area contributed by atoms with Crippen LogP contribution in [-0.4, -0.2) is 80.5 Å². The standard InChI is InChI=1S/C48H86N2O8/c1-5-7-9-11-13-14-15-16-17-18-19-20-21-23-25-33-46(52)56-41-44(40-55-45(51)32-24-22-12-10-8-6-2)57-47(53)35-34-43(31-27-26-30-42(3)4)58-48(54)49-36-39-50-37-28-29-38-50/h13-14,16-17,42-44H,5-12,15,18-41H2,1-4H3,(H,49,54)/b14-13-,17-16-. The molecular formula is C48H86N2O8. The van der Waals surface area contributed by atoms with Crippen molar-refractivity contribution in [2.75, 3.05) is 39.4 Å². The van der Waals surface area contributed by atoms with Gasteiger partial charge in [-0.1, -0.05) is 129 Å². The van der Waals surface area contributed by atoms with E-state index in [2.05, 4.69) is 62.2 Å². The molecule has 58 heavy (non-hydrogen) atoms. The van der Waals surface area contributed by atoms with Crippen molar-refractivity contribution < 1.29 is 38.1 Å². The van der Waals surface area contributed by atoms with Crippen LogP contribution in [0.1, 0.15) is 201 Å². The van der Waals surface area contributed by atoms with Gasteiger partial charge < -0.3 is 29.2 Å². The molecule has 0 spiro atoms. The lowest BCUT2D eigenvalue weighted by atomic mass is 10.0. The highest BCUT2D eigenvalue weighted by molar-refractivity contribution is 5.71. The molecule has 0 radical (unpaired) electrons. The van der Waals surface area contributed by atoms with Crippen LogP contribution in [0.4, 0.5) is 4.79 Å². The molecule has 0 aliphatic carbocycles. The number of rotatable bonds is 38. The summed E-state index contributed by atoms with van der Waals surface area (Å²) in [7, 11) is 0. The average Bonchev–Trinajstić information content (AvgIpc) is 3.73. The molecule has 2 unspecified atom stereocenters. The molecule has 1 N–H and O–H groups in total. The van der Waals surface area contributed by atoms with Crippen molar-refractivity contribution in [3.8, 4) is 0 Å². The van der Waals surface area contributed by atoms with E-state index in [1.165, 1.54) is 51.4 Å². The lowest BCUT2D eigenvalue weighted by molar-refractivity contribution is -0.167. The van der Waals surface area contributed by atoms with Crippen LogP contribution in [-0.2, 0) is 33.3 Å². The van der Waals surface area contributed by atoms with E-state index in [1.807, 2.05) is 0 Å². The summed E-state index contributed by atoms with van der Waals surface area (Å²) in [6.07, 6.45) is 32.7. The molecule has 2 atom stereocenters. The van der Waals surface area contributed by atoms with Crippen LogP contribution in [0.5, 0.6) is 0 Å². The number of carbonyl (C=O) groups is 4. The Morgan fingerprint density at radius 3 is 1.71 bits per heavy atom. The van der Waals surface area contributed by atoms with Gasteiger partial charge >= 0.3 is 24.0 Å². The summed E-state index contributed by atoms with van der Waals surface area (Å²) in [5.74, 6) is -0.615. The van der Waals surface area contributed by atoms with Gasteiger partial charge in [-0.3, -0.25) is 14.4 Å². The first-order chi connectivity index (χ1) is 28.2. The Morgan fingerprint density at radius 2 is 1.10 bits per heavy atom. The molecular weight excluding hydrogens is 733 g/mol. The minimum atomic E-state index is -0.908. The molecule has 1 amide bonds. The highest BCUT2D eigenvalue weighted by Crippen LogP contribution is 2.17. The van der Waals surface area contributed by atoms with Crippen LogP contribution in [0.3, 0.4) is 0 Å². The summed E-state index contributed by atoms with van der Waals surface area (Å²) < 4.78 is 22.5. The van der Waals surface area contributed by atoms with Gasteiger partial charge in [-0.15, -0.1) is 0 Å². The van der Waals surface area contributed by atoms with Crippen LogP contribution in [0, 0.1) is 5.92 Å². The van der Waals surface area contributed by atoms with Gasteiger partial charge in [-0.05, 0) is 96.1 Å². The Hall–Kier alpha value is -2.88. The molecule has 336 valence electrons. The van der Waals surface area contributed by atoms with Crippen molar-refractivity contribution in [1.29, 1.82) is 0 Å². The molecule has 10 heteroatoms. The number of ether oxygens (including phenoxy) is 4. The average molecular weight is 819 g/mol. The fraction of sp³-hybridized carbons (Fsp3) is 0.833. The maximum atomic E-state index is 13.1. The lowest BCUT2D eigenvalue weighted by Crippen LogP contribution is -2.36. The molecule has 0 aromatic carbocycles. The highest BCUT2D eigenvalue weighted by Gasteiger charge is 2.22. The van der Waals surface area contributed by atoms with E-state index in [4.69, 9.17) is 18.9 Å². The molecule has 0 aromatic rings. The number of esters is 3. The van der Waals surface area contributed by atoms with Gasteiger partial charge in [-0.2, -0.15) is 0 Å². The predicted octanol–water partition coefficient (Wildman–Crippen LogP) is 11.7. The third-order valence-electron chi connectivity index (χ3n) is 10.6. The molecule has 0 bridgehead atoms. The minimum Gasteiger partial charge on any atom is -0.462 e. The third kappa shape index (κ3) is 34.0. The van der Waals surface area contributed by atoms with Gasteiger partial charge in [0.1, 0.15) is 19.3 Å². The van der Waals surface area contributed by atoms with Gasteiger partial charge in [0.15, 0.2) is 6.10 Å². The minimum absolute atomic E-state index is 0.0258. The van der Waals surface area contributed by atoms with E-state index in [9.17, 15) is 19.2 Å². The number of hydrogen-bond donors (Lipinski definition) is 1. The summed E-state index contributed by atoms with van der Waals surface area (Å²) >= 11 is 0. The zero-order valence-corrected chi connectivity index (χ0v) is 37.6. The summed E-state index contributed by atoms with van der Waals surface area (Å²) in [6, 6.07) is 0. The second-order valence-corrected chi connectivity index (χ2v) is 16.7. The quantitative estimate of drug-likeness (QED) is 0.0281. The van der Waals surface area contributed by atoms with Gasteiger partial charge in [0.2, 0.25) is 0 Å². The Labute approximate surface area is 354 Å². The van der Waals surface area contributed by atoms with Gasteiger partial charge in [0, 0.05) is 32.4 Å². The topological polar surface area (TPSA) is 120 Å². The van der Waals surface area contributed by atoms with E-state index in [0.717, 1.165) is 110 Å².